The Kier molecular flexibility index (Phi) is 5.65. The van der Waals surface area contributed by atoms with Crippen molar-refractivity contribution < 1.29 is 12.8 Å². The van der Waals surface area contributed by atoms with Gasteiger partial charge in [0.05, 0.1) is 5.88 Å². The Morgan fingerprint density at radius 2 is 1.89 bits per heavy atom. The highest BCUT2D eigenvalue weighted by Gasteiger charge is 2.24. The first-order chi connectivity index (χ1) is 8.37. The van der Waals surface area contributed by atoms with Gasteiger partial charge < -0.3 is 9.32 Å². The molecular formula is C11H19ClN2O3S. The molecule has 18 heavy (non-hydrogen) atoms. The van der Waals surface area contributed by atoms with Crippen LogP contribution in [0.5, 0.6) is 0 Å². The number of sulfonamides is 1. The minimum Gasteiger partial charge on any atom is -0.447 e. The maximum atomic E-state index is 12.1. The fraction of sp³-hybridized carbons (Fsp3) is 0.636. The first-order valence-corrected chi connectivity index (χ1v) is 7.61. The summed E-state index contributed by atoms with van der Waals surface area (Å²) in [5.74, 6) is 0.622. The Hall–Kier alpha value is -0.560. The summed E-state index contributed by atoms with van der Waals surface area (Å²) < 4.78 is 30.7. The largest absolute Gasteiger partial charge is 0.447 e. The average Bonchev–Trinajstić information content (AvgIpc) is 2.77. The standard InChI is InChI=1S/C11H19ClN2O3S/c1-13(2)7-4-8-14(3)18(15,16)11-6-5-10(9-12)17-11/h5-6H,4,7-9H2,1-3H3. The van der Waals surface area contributed by atoms with Crippen molar-refractivity contribution in [2.24, 2.45) is 0 Å². The molecule has 0 amide bonds. The predicted molar refractivity (Wildman–Crippen MR) is 71.3 cm³/mol. The zero-order valence-electron chi connectivity index (χ0n) is 10.9. The van der Waals surface area contributed by atoms with Gasteiger partial charge >= 0.3 is 0 Å². The molecule has 0 bridgehead atoms. The van der Waals surface area contributed by atoms with Crippen molar-refractivity contribution in [1.29, 1.82) is 0 Å². The number of hydrogen-bond donors (Lipinski definition) is 0. The van der Waals surface area contributed by atoms with Crippen LogP contribution in [0.1, 0.15) is 12.2 Å². The van der Waals surface area contributed by atoms with Gasteiger partial charge in [0.25, 0.3) is 10.0 Å². The van der Waals surface area contributed by atoms with Gasteiger partial charge in [0.15, 0.2) is 0 Å². The molecule has 0 aromatic carbocycles. The quantitative estimate of drug-likeness (QED) is 0.717. The summed E-state index contributed by atoms with van der Waals surface area (Å²) in [5, 5.41) is -0.0505. The van der Waals surface area contributed by atoms with Gasteiger partial charge in [0, 0.05) is 13.6 Å². The van der Waals surface area contributed by atoms with Crippen LogP contribution in [-0.2, 0) is 15.9 Å². The second-order valence-corrected chi connectivity index (χ2v) is 6.58. The third-order valence-corrected chi connectivity index (χ3v) is 4.51. The van der Waals surface area contributed by atoms with E-state index in [0.29, 0.717) is 12.3 Å². The highest BCUT2D eigenvalue weighted by molar-refractivity contribution is 7.89. The summed E-state index contributed by atoms with van der Waals surface area (Å²) in [7, 11) is 1.92. The van der Waals surface area contributed by atoms with E-state index in [0.717, 1.165) is 13.0 Å². The molecule has 0 N–H and O–H groups in total. The molecule has 1 aromatic heterocycles. The van der Waals surface area contributed by atoms with Crippen molar-refractivity contribution in [3.05, 3.63) is 17.9 Å². The van der Waals surface area contributed by atoms with E-state index >= 15 is 0 Å². The van der Waals surface area contributed by atoms with E-state index in [1.54, 1.807) is 13.1 Å². The number of rotatable bonds is 7. The lowest BCUT2D eigenvalue weighted by atomic mass is 10.4. The van der Waals surface area contributed by atoms with E-state index < -0.39 is 10.0 Å². The van der Waals surface area contributed by atoms with Gasteiger partial charge in [-0.2, -0.15) is 4.31 Å². The number of alkyl halides is 1. The Labute approximate surface area is 113 Å². The van der Waals surface area contributed by atoms with Crippen LogP contribution in [0.2, 0.25) is 0 Å². The Morgan fingerprint density at radius 1 is 1.22 bits per heavy atom. The average molecular weight is 295 g/mol. The van der Waals surface area contributed by atoms with Gasteiger partial charge in [-0.15, -0.1) is 11.6 Å². The summed E-state index contributed by atoms with van der Waals surface area (Å²) in [5.41, 5.74) is 0. The predicted octanol–water partition coefficient (Wildman–Crippen LogP) is 1.59. The van der Waals surface area contributed by atoms with E-state index in [1.807, 2.05) is 19.0 Å². The van der Waals surface area contributed by atoms with Crippen LogP contribution in [0, 0.1) is 0 Å². The van der Waals surface area contributed by atoms with Crippen molar-refractivity contribution in [1.82, 2.24) is 9.21 Å². The summed E-state index contributed by atoms with van der Waals surface area (Å²) in [4.78, 5) is 2.01. The van der Waals surface area contributed by atoms with Crippen LogP contribution in [0.25, 0.3) is 0 Å². The van der Waals surface area contributed by atoms with Gasteiger partial charge in [-0.05, 0) is 39.2 Å². The molecule has 0 aliphatic carbocycles. The molecule has 0 fully saturated rings. The van der Waals surface area contributed by atoms with Gasteiger partial charge in [-0.25, -0.2) is 8.42 Å². The maximum absolute atomic E-state index is 12.1. The number of furan rings is 1. The molecule has 104 valence electrons. The molecule has 1 rings (SSSR count). The Balaban J connectivity index is 2.67. The van der Waals surface area contributed by atoms with Crippen molar-refractivity contribution in [2.75, 3.05) is 34.2 Å². The fourth-order valence-corrected chi connectivity index (χ4v) is 2.72. The highest BCUT2D eigenvalue weighted by atomic mass is 35.5. The molecule has 0 unspecified atom stereocenters. The van der Waals surface area contributed by atoms with Crippen molar-refractivity contribution in [3.8, 4) is 0 Å². The van der Waals surface area contributed by atoms with E-state index in [4.69, 9.17) is 16.0 Å². The lowest BCUT2D eigenvalue weighted by Gasteiger charge is -2.16. The summed E-state index contributed by atoms with van der Waals surface area (Å²) in [6.07, 6.45) is 0.770. The first-order valence-electron chi connectivity index (χ1n) is 5.63. The maximum Gasteiger partial charge on any atom is 0.276 e. The van der Waals surface area contributed by atoms with E-state index in [-0.39, 0.29) is 11.0 Å². The molecule has 0 aliphatic rings. The zero-order valence-corrected chi connectivity index (χ0v) is 12.5. The number of nitrogens with zero attached hydrogens (tertiary/aromatic N) is 2. The molecular weight excluding hydrogens is 276 g/mol. The normalized spacial score (nSPS) is 12.6. The molecule has 0 atom stereocenters. The van der Waals surface area contributed by atoms with Crippen molar-refractivity contribution in [3.63, 3.8) is 0 Å². The smallest absolute Gasteiger partial charge is 0.276 e. The van der Waals surface area contributed by atoms with E-state index in [1.165, 1.54) is 10.4 Å². The third-order valence-electron chi connectivity index (χ3n) is 2.51. The molecule has 0 spiro atoms. The van der Waals surface area contributed by atoms with Crippen molar-refractivity contribution in [2.45, 2.75) is 17.4 Å². The molecule has 7 heteroatoms. The molecule has 1 aromatic rings. The molecule has 0 aliphatic heterocycles. The lowest BCUT2D eigenvalue weighted by molar-refractivity contribution is 0.359. The minimum absolute atomic E-state index is 0.0505. The van der Waals surface area contributed by atoms with Crippen LogP contribution in [0.4, 0.5) is 0 Å². The van der Waals surface area contributed by atoms with Crippen LogP contribution >= 0.6 is 11.6 Å². The zero-order chi connectivity index (χ0) is 13.8. The molecule has 5 nitrogen and oxygen atoms in total. The fourth-order valence-electron chi connectivity index (χ4n) is 1.45. The summed E-state index contributed by atoms with van der Waals surface area (Å²) in [6.45, 7) is 1.29. The third kappa shape index (κ3) is 3.98. The number of halogens is 1. The molecule has 1 heterocycles. The highest BCUT2D eigenvalue weighted by Crippen LogP contribution is 2.18. The van der Waals surface area contributed by atoms with Gasteiger partial charge in [0.1, 0.15) is 5.76 Å². The first kappa shape index (κ1) is 15.5. The topological polar surface area (TPSA) is 53.8 Å². The van der Waals surface area contributed by atoms with Crippen LogP contribution in [-0.4, -0.2) is 51.9 Å². The lowest BCUT2D eigenvalue weighted by Crippen LogP contribution is -2.29. The van der Waals surface area contributed by atoms with E-state index in [9.17, 15) is 8.42 Å². The van der Waals surface area contributed by atoms with Crippen molar-refractivity contribution >= 4 is 21.6 Å². The van der Waals surface area contributed by atoms with E-state index in [2.05, 4.69) is 0 Å². The SMILES string of the molecule is CN(C)CCCN(C)S(=O)(=O)c1ccc(CCl)o1. The Morgan fingerprint density at radius 3 is 2.39 bits per heavy atom. The van der Waals surface area contributed by atoms with Gasteiger partial charge in [-0.3, -0.25) is 0 Å². The summed E-state index contributed by atoms with van der Waals surface area (Å²) in [6, 6.07) is 3.02. The minimum atomic E-state index is -3.54. The van der Waals surface area contributed by atoms with Crippen LogP contribution < -0.4 is 0 Å². The molecule has 0 saturated carbocycles. The van der Waals surface area contributed by atoms with Gasteiger partial charge in [-0.1, -0.05) is 0 Å². The monoisotopic (exact) mass is 294 g/mol. The second kappa shape index (κ2) is 6.56. The van der Waals surface area contributed by atoms with Gasteiger partial charge in [0.2, 0.25) is 5.09 Å². The number of hydrogen-bond acceptors (Lipinski definition) is 4. The Bertz CT molecular complexity index is 470. The summed E-state index contributed by atoms with van der Waals surface area (Å²) >= 11 is 5.58. The second-order valence-electron chi connectivity index (χ2n) is 4.34. The molecule has 0 radical (unpaired) electrons. The van der Waals surface area contributed by atoms with Crippen LogP contribution in [0.3, 0.4) is 0 Å². The van der Waals surface area contributed by atoms with Crippen LogP contribution in [0.15, 0.2) is 21.6 Å². The molecule has 0 saturated heterocycles.